The van der Waals surface area contributed by atoms with Crippen LogP contribution in [0.25, 0.3) is 0 Å². The Labute approximate surface area is 237 Å². The molecule has 40 heavy (non-hydrogen) atoms. The molecule has 0 radical (unpaired) electrons. The molecule has 0 aliphatic carbocycles. The minimum absolute atomic E-state index is 0.0152. The van der Waals surface area contributed by atoms with E-state index in [1.54, 1.807) is 11.0 Å². The van der Waals surface area contributed by atoms with E-state index in [2.05, 4.69) is 5.32 Å². The van der Waals surface area contributed by atoms with Crippen molar-refractivity contribution < 1.29 is 22.4 Å². The monoisotopic (exact) mass is 567 g/mol. The summed E-state index contributed by atoms with van der Waals surface area (Å²) >= 11 is 0. The zero-order valence-corrected chi connectivity index (χ0v) is 24.2. The maximum Gasteiger partial charge on any atom is 0.243 e. The van der Waals surface area contributed by atoms with E-state index in [-0.39, 0.29) is 43.4 Å². The number of rotatable bonds is 14. The van der Waals surface area contributed by atoms with Crippen LogP contribution in [0.1, 0.15) is 42.9 Å². The van der Waals surface area contributed by atoms with Gasteiger partial charge in [-0.2, -0.15) is 0 Å². The molecule has 1 N–H and O–H groups in total. The van der Waals surface area contributed by atoms with Crippen LogP contribution in [0.15, 0.2) is 78.9 Å². The number of hydrogen-bond donors (Lipinski definition) is 1. The van der Waals surface area contributed by atoms with Crippen molar-refractivity contribution in [2.24, 2.45) is 0 Å². The number of nitrogens with zero attached hydrogens (tertiary/aromatic N) is 2. The second-order valence-electron chi connectivity index (χ2n) is 9.89. The van der Waals surface area contributed by atoms with E-state index in [4.69, 9.17) is 0 Å². The molecule has 0 aromatic heterocycles. The lowest BCUT2D eigenvalue weighted by Gasteiger charge is -2.32. The Morgan fingerprint density at radius 2 is 1.57 bits per heavy atom. The summed E-state index contributed by atoms with van der Waals surface area (Å²) in [7, 11) is -3.79. The lowest BCUT2D eigenvalue weighted by atomic mass is 10.0. The van der Waals surface area contributed by atoms with Crippen molar-refractivity contribution >= 4 is 27.5 Å². The van der Waals surface area contributed by atoms with E-state index in [0.717, 1.165) is 33.7 Å². The summed E-state index contributed by atoms with van der Waals surface area (Å²) in [4.78, 5) is 28.7. The van der Waals surface area contributed by atoms with Gasteiger partial charge in [0.25, 0.3) is 0 Å². The molecule has 7 nitrogen and oxygen atoms in total. The first kappa shape index (κ1) is 30.8. The lowest BCUT2D eigenvalue weighted by molar-refractivity contribution is -0.141. The molecule has 3 rings (SSSR count). The van der Waals surface area contributed by atoms with Crippen molar-refractivity contribution in [2.75, 3.05) is 23.7 Å². The topological polar surface area (TPSA) is 86.8 Å². The van der Waals surface area contributed by atoms with Crippen LogP contribution in [-0.4, -0.2) is 50.5 Å². The molecule has 1 atom stereocenters. The first-order chi connectivity index (χ1) is 19.1. The molecule has 9 heteroatoms. The maximum atomic E-state index is 14.4. The van der Waals surface area contributed by atoms with Crippen LogP contribution in [-0.2, 0) is 32.6 Å². The van der Waals surface area contributed by atoms with Crippen LogP contribution in [0.2, 0.25) is 0 Å². The number of halogens is 1. The molecular formula is C31H38FN3O4S. The van der Waals surface area contributed by atoms with Crippen LogP contribution < -0.4 is 9.62 Å². The molecule has 0 heterocycles. The van der Waals surface area contributed by atoms with Gasteiger partial charge >= 0.3 is 0 Å². The average molecular weight is 568 g/mol. The van der Waals surface area contributed by atoms with E-state index in [0.29, 0.717) is 13.0 Å². The van der Waals surface area contributed by atoms with Gasteiger partial charge in [0.1, 0.15) is 11.9 Å². The van der Waals surface area contributed by atoms with Crippen molar-refractivity contribution in [1.82, 2.24) is 10.2 Å². The summed E-state index contributed by atoms with van der Waals surface area (Å²) in [6, 6.07) is 22.2. The summed E-state index contributed by atoms with van der Waals surface area (Å²) in [5.41, 5.74) is 2.82. The van der Waals surface area contributed by atoms with E-state index < -0.39 is 21.9 Å². The third-order valence-electron chi connectivity index (χ3n) is 6.57. The van der Waals surface area contributed by atoms with E-state index in [1.807, 2.05) is 68.4 Å². The molecule has 0 saturated heterocycles. The minimum Gasteiger partial charge on any atom is -0.354 e. The average Bonchev–Trinajstić information content (AvgIpc) is 2.93. The maximum absolute atomic E-state index is 14.4. The second kappa shape index (κ2) is 14.6. The van der Waals surface area contributed by atoms with Crippen molar-refractivity contribution in [3.05, 3.63) is 101 Å². The molecule has 3 aromatic carbocycles. The normalized spacial score (nSPS) is 12.0. The molecular weight excluding hydrogens is 529 g/mol. The molecule has 0 spiro atoms. The van der Waals surface area contributed by atoms with Gasteiger partial charge in [-0.25, -0.2) is 12.8 Å². The highest BCUT2D eigenvalue weighted by atomic mass is 32.2. The summed E-state index contributed by atoms with van der Waals surface area (Å²) in [5, 5.41) is 2.94. The van der Waals surface area contributed by atoms with Gasteiger partial charge in [0.05, 0.1) is 11.9 Å². The Morgan fingerprint density at radius 1 is 0.925 bits per heavy atom. The van der Waals surface area contributed by atoms with Crippen LogP contribution in [0.5, 0.6) is 0 Å². The van der Waals surface area contributed by atoms with Crippen LogP contribution in [0, 0.1) is 12.7 Å². The fourth-order valence-electron chi connectivity index (χ4n) is 4.45. The van der Waals surface area contributed by atoms with Gasteiger partial charge in [0, 0.05) is 32.5 Å². The van der Waals surface area contributed by atoms with Crippen molar-refractivity contribution in [2.45, 2.75) is 52.1 Å². The molecule has 0 fully saturated rings. The quantitative estimate of drug-likeness (QED) is 0.302. The summed E-state index contributed by atoms with van der Waals surface area (Å²) in [5.74, 6) is -1.18. The summed E-state index contributed by atoms with van der Waals surface area (Å²) in [6.07, 6.45) is 2.24. The summed E-state index contributed by atoms with van der Waals surface area (Å²) in [6.45, 7) is 4.58. The predicted molar refractivity (Wildman–Crippen MR) is 157 cm³/mol. The molecule has 214 valence electrons. The number of hydrogen-bond acceptors (Lipinski definition) is 4. The highest BCUT2D eigenvalue weighted by Crippen LogP contribution is 2.23. The number of carbonyl (C=O) groups excluding carboxylic acids is 2. The smallest absolute Gasteiger partial charge is 0.243 e. The SMILES string of the molecule is CCCNC(=O)[C@@H](Cc1ccccc1)N(Cc1ccc(C)cc1)C(=O)CCCN(c1ccccc1F)S(C)(=O)=O. The zero-order valence-electron chi connectivity index (χ0n) is 23.3. The number of anilines is 1. The van der Waals surface area contributed by atoms with Gasteiger partial charge in [0.15, 0.2) is 0 Å². The second-order valence-corrected chi connectivity index (χ2v) is 11.8. The fourth-order valence-corrected chi connectivity index (χ4v) is 5.41. The number of para-hydroxylation sites is 1. The predicted octanol–water partition coefficient (Wildman–Crippen LogP) is 4.85. The largest absolute Gasteiger partial charge is 0.354 e. The molecule has 0 unspecified atom stereocenters. The number of benzene rings is 3. The molecule has 0 aliphatic rings. The van der Waals surface area contributed by atoms with Gasteiger partial charge in [-0.1, -0.05) is 79.2 Å². The van der Waals surface area contributed by atoms with Crippen molar-refractivity contribution in [3.63, 3.8) is 0 Å². The first-order valence-corrected chi connectivity index (χ1v) is 15.3. The van der Waals surface area contributed by atoms with Crippen molar-refractivity contribution in [1.29, 1.82) is 0 Å². The van der Waals surface area contributed by atoms with Crippen LogP contribution >= 0.6 is 0 Å². The first-order valence-electron chi connectivity index (χ1n) is 13.5. The van der Waals surface area contributed by atoms with Gasteiger partial charge in [0.2, 0.25) is 21.8 Å². The zero-order chi connectivity index (χ0) is 29.1. The van der Waals surface area contributed by atoms with Gasteiger partial charge in [-0.3, -0.25) is 13.9 Å². The van der Waals surface area contributed by atoms with E-state index in [1.165, 1.54) is 18.2 Å². The fraction of sp³-hybridized carbons (Fsp3) is 0.355. The lowest BCUT2D eigenvalue weighted by Crippen LogP contribution is -2.50. The highest BCUT2D eigenvalue weighted by Gasteiger charge is 2.30. The Morgan fingerprint density at radius 3 is 2.20 bits per heavy atom. The Kier molecular flexibility index (Phi) is 11.3. The van der Waals surface area contributed by atoms with Gasteiger partial charge in [-0.15, -0.1) is 0 Å². The van der Waals surface area contributed by atoms with Crippen LogP contribution in [0.4, 0.5) is 10.1 Å². The Balaban J connectivity index is 1.87. The molecule has 0 bridgehead atoms. The van der Waals surface area contributed by atoms with E-state index >= 15 is 0 Å². The Bertz CT molecular complexity index is 1360. The number of aryl methyl sites for hydroxylation is 1. The standard InChI is InChI=1S/C31H38FN3O4S/c1-4-20-33-31(37)29(22-25-11-6-5-7-12-25)34(23-26-18-16-24(2)17-19-26)30(36)15-10-21-35(40(3,38)39)28-14-9-8-13-27(28)32/h5-9,11-14,16-19,29H,4,10,15,20-23H2,1-3H3,(H,33,37)/t29-/m1/s1. The van der Waals surface area contributed by atoms with Crippen LogP contribution in [0.3, 0.4) is 0 Å². The van der Waals surface area contributed by atoms with Gasteiger partial charge in [-0.05, 0) is 43.0 Å². The number of carbonyl (C=O) groups is 2. The third-order valence-corrected chi connectivity index (χ3v) is 7.75. The highest BCUT2D eigenvalue weighted by molar-refractivity contribution is 7.92. The number of nitrogens with one attached hydrogen (secondary N) is 1. The van der Waals surface area contributed by atoms with Crippen molar-refractivity contribution in [3.8, 4) is 0 Å². The number of amides is 2. The molecule has 0 aliphatic heterocycles. The summed E-state index contributed by atoms with van der Waals surface area (Å²) < 4.78 is 40.4. The Hall–Kier alpha value is -3.72. The minimum atomic E-state index is -3.79. The van der Waals surface area contributed by atoms with Gasteiger partial charge < -0.3 is 10.2 Å². The van der Waals surface area contributed by atoms with E-state index in [9.17, 15) is 22.4 Å². The number of sulfonamides is 1. The molecule has 2 amide bonds. The molecule has 0 saturated carbocycles. The molecule has 3 aromatic rings. The third kappa shape index (κ3) is 8.91.